The van der Waals surface area contributed by atoms with E-state index >= 15 is 0 Å². The summed E-state index contributed by atoms with van der Waals surface area (Å²) in [6.45, 7) is 4.06. The molecule has 0 aromatic rings. The van der Waals surface area contributed by atoms with Gasteiger partial charge in [-0.1, -0.05) is 26.2 Å². The molecule has 1 rings (SSSR count). The van der Waals surface area contributed by atoms with Crippen molar-refractivity contribution in [1.82, 2.24) is 5.32 Å². The minimum absolute atomic E-state index is 0. The van der Waals surface area contributed by atoms with Gasteiger partial charge in [-0.25, -0.2) is 0 Å². The lowest BCUT2D eigenvalue weighted by atomic mass is 9.98. The second-order valence-electron chi connectivity index (χ2n) is 4.59. The maximum absolute atomic E-state index is 11.8. The third-order valence-electron chi connectivity index (χ3n) is 3.12. The van der Waals surface area contributed by atoms with E-state index in [1.807, 2.05) is 0 Å². The Kier molecular flexibility index (Phi) is 8.56. The summed E-state index contributed by atoms with van der Waals surface area (Å²) < 4.78 is 5.36. The Morgan fingerprint density at radius 2 is 2.00 bits per heavy atom. The molecule has 0 saturated heterocycles. The molecular formula is C12H25ClN2O2. The molecule has 3 N–H and O–H groups in total. The normalized spacial score (nSPS) is 17.5. The summed E-state index contributed by atoms with van der Waals surface area (Å²) in [5, 5.41) is 2.85. The van der Waals surface area contributed by atoms with Gasteiger partial charge in [0.1, 0.15) is 0 Å². The van der Waals surface area contributed by atoms with Crippen molar-refractivity contribution < 1.29 is 9.53 Å². The van der Waals surface area contributed by atoms with Gasteiger partial charge in [0.2, 0.25) is 5.91 Å². The highest BCUT2D eigenvalue weighted by Crippen LogP contribution is 2.26. The summed E-state index contributed by atoms with van der Waals surface area (Å²) in [6, 6.07) is 0. The Bertz CT molecular complexity index is 219. The van der Waals surface area contributed by atoms with Gasteiger partial charge in [0, 0.05) is 13.2 Å². The third-order valence-corrected chi connectivity index (χ3v) is 3.12. The van der Waals surface area contributed by atoms with Crippen LogP contribution in [0.4, 0.5) is 0 Å². The number of halogens is 1. The molecular weight excluding hydrogens is 240 g/mol. The highest BCUT2D eigenvalue weighted by Gasteiger charge is 2.36. The lowest BCUT2D eigenvalue weighted by Gasteiger charge is -2.22. The Hall–Kier alpha value is -0.320. The van der Waals surface area contributed by atoms with Gasteiger partial charge >= 0.3 is 0 Å². The van der Waals surface area contributed by atoms with Crippen molar-refractivity contribution in [3.05, 3.63) is 0 Å². The van der Waals surface area contributed by atoms with Gasteiger partial charge in [0.25, 0.3) is 0 Å². The summed E-state index contributed by atoms with van der Waals surface area (Å²) in [5.41, 5.74) is 5.40. The van der Waals surface area contributed by atoms with Crippen LogP contribution in [0.15, 0.2) is 0 Å². The minimum atomic E-state index is -0.608. The zero-order valence-corrected chi connectivity index (χ0v) is 11.5. The first kappa shape index (κ1) is 16.7. The van der Waals surface area contributed by atoms with E-state index in [0.717, 1.165) is 45.1 Å². The molecule has 0 radical (unpaired) electrons. The van der Waals surface area contributed by atoms with Gasteiger partial charge in [-0.05, 0) is 19.3 Å². The molecule has 0 heterocycles. The second-order valence-corrected chi connectivity index (χ2v) is 4.59. The van der Waals surface area contributed by atoms with Gasteiger partial charge in [-0.15, -0.1) is 12.4 Å². The van der Waals surface area contributed by atoms with E-state index in [1.54, 1.807) is 0 Å². The Morgan fingerprint density at radius 1 is 1.35 bits per heavy atom. The van der Waals surface area contributed by atoms with E-state index in [0.29, 0.717) is 13.2 Å². The van der Waals surface area contributed by atoms with Gasteiger partial charge in [0.05, 0.1) is 12.1 Å². The van der Waals surface area contributed by atoms with Crippen LogP contribution in [0.3, 0.4) is 0 Å². The highest BCUT2D eigenvalue weighted by molar-refractivity contribution is 5.86. The SMILES string of the molecule is CCCCOCCNC(=O)C1(N)CCCC1.Cl. The first-order valence-corrected chi connectivity index (χ1v) is 6.34. The van der Waals surface area contributed by atoms with Crippen molar-refractivity contribution in [2.75, 3.05) is 19.8 Å². The second kappa shape index (κ2) is 8.72. The van der Waals surface area contributed by atoms with Gasteiger partial charge in [-0.2, -0.15) is 0 Å². The molecule has 0 aromatic carbocycles. The smallest absolute Gasteiger partial charge is 0.240 e. The quantitative estimate of drug-likeness (QED) is 0.687. The fourth-order valence-electron chi connectivity index (χ4n) is 1.99. The molecule has 17 heavy (non-hydrogen) atoms. The van der Waals surface area contributed by atoms with E-state index in [-0.39, 0.29) is 18.3 Å². The number of ether oxygens (including phenoxy) is 1. The largest absolute Gasteiger partial charge is 0.380 e. The van der Waals surface area contributed by atoms with Crippen LogP contribution in [0.5, 0.6) is 0 Å². The topological polar surface area (TPSA) is 64.3 Å². The number of rotatable bonds is 7. The van der Waals surface area contributed by atoms with Crippen molar-refractivity contribution in [2.24, 2.45) is 5.73 Å². The number of hydrogen-bond donors (Lipinski definition) is 2. The van der Waals surface area contributed by atoms with Crippen LogP contribution in [0.2, 0.25) is 0 Å². The fraction of sp³-hybridized carbons (Fsp3) is 0.917. The zero-order chi connectivity index (χ0) is 11.9. The third kappa shape index (κ3) is 5.70. The van der Waals surface area contributed by atoms with Crippen molar-refractivity contribution in [1.29, 1.82) is 0 Å². The average molecular weight is 265 g/mol. The van der Waals surface area contributed by atoms with Gasteiger partial charge < -0.3 is 15.8 Å². The van der Waals surface area contributed by atoms with Crippen LogP contribution in [-0.2, 0) is 9.53 Å². The molecule has 5 heteroatoms. The maximum atomic E-state index is 11.8. The average Bonchev–Trinajstić information content (AvgIpc) is 2.71. The van der Waals surface area contributed by atoms with Crippen LogP contribution in [0.25, 0.3) is 0 Å². The van der Waals surface area contributed by atoms with Crippen molar-refractivity contribution >= 4 is 18.3 Å². The van der Waals surface area contributed by atoms with E-state index in [4.69, 9.17) is 10.5 Å². The van der Waals surface area contributed by atoms with E-state index in [9.17, 15) is 4.79 Å². The molecule has 0 atom stereocenters. The summed E-state index contributed by atoms with van der Waals surface area (Å²) in [7, 11) is 0. The van der Waals surface area contributed by atoms with Gasteiger partial charge in [0.15, 0.2) is 0 Å². The standard InChI is InChI=1S/C12H24N2O2.ClH/c1-2-3-9-16-10-8-14-11(15)12(13)6-4-5-7-12;/h2-10,13H2,1H3,(H,14,15);1H. The molecule has 0 aliphatic heterocycles. The number of carbonyl (C=O) groups excluding carboxylic acids is 1. The molecule has 0 unspecified atom stereocenters. The van der Waals surface area contributed by atoms with Crippen molar-refractivity contribution in [3.63, 3.8) is 0 Å². The first-order chi connectivity index (χ1) is 7.69. The highest BCUT2D eigenvalue weighted by atomic mass is 35.5. The molecule has 1 aliphatic rings. The van der Waals surface area contributed by atoms with Crippen molar-refractivity contribution in [3.8, 4) is 0 Å². The van der Waals surface area contributed by atoms with E-state index < -0.39 is 5.54 Å². The van der Waals surface area contributed by atoms with Crippen LogP contribution < -0.4 is 11.1 Å². The number of nitrogens with two attached hydrogens (primary N) is 1. The van der Waals surface area contributed by atoms with Crippen LogP contribution in [0.1, 0.15) is 45.4 Å². The summed E-state index contributed by atoms with van der Waals surface area (Å²) in [5.74, 6) is -0.0101. The summed E-state index contributed by atoms with van der Waals surface area (Å²) in [6.07, 6.45) is 5.98. The Labute approximate surface area is 110 Å². The molecule has 1 aliphatic carbocycles. The molecule has 4 nitrogen and oxygen atoms in total. The molecule has 1 saturated carbocycles. The van der Waals surface area contributed by atoms with Gasteiger partial charge in [-0.3, -0.25) is 4.79 Å². The fourth-order valence-corrected chi connectivity index (χ4v) is 1.99. The monoisotopic (exact) mass is 264 g/mol. The van der Waals surface area contributed by atoms with Crippen LogP contribution >= 0.6 is 12.4 Å². The van der Waals surface area contributed by atoms with E-state index in [1.165, 1.54) is 0 Å². The Morgan fingerprint density at radius 3 is 2.59 bits per heavy atom. The molecule has 102 valence electrons. The molecule has 0 aromatic heterocycles. The number of carbonyl (C=O) groups is 1. The zero-order valence-electron chi connectivity index (χ0n) is 10.7. The summed E-state index contributed by atoms with van der Waals surface area (Å²) >= 11 is 0. The van der Waals surface area contributed by atoms with Crippen LogP contribution in [0, 0.1) is 0 Å². The molecule has 0 spiro atoms. The minimum Gasteiger partial charge on any atom is -0.380 e. The Balaban J connectivity index is 0.00000256. The predicted octanol–water partition coefficient (Wildman–Crippen LogP) is 1.61. The van der Waals surface area contributed by atoms with Crippen molar-refractivity contribution in [2.45, 2.75) is 51.0 Å². The lowest BCUT2D eigenvalue weighted by molar-refractivity contribution is -0.126. The number of amides is 1. The summed E-state index contributed by atoms with van der Waals surface area (Å²) in [4.78, 5) is 11.8. The maximum Gasteiger partial charge on any atom is 0.240 e. The predicted molar refractivity (Wildman–Crippen MR) is 71.4 cm³/mol. The number of nitrogens with one attached hydrogen (secondary N) is 1. The molecule has 1 amide bonds. The van der Waals surface area contributed by atoms with E-state index in [2.05, 4.69) is 12.2 Å². The molecule has 0 bridgehead atoms. The number of hydrogen-bond acceptors (Lipinski definition) is 3. The lowest BCUT2D eigenvalue weighted by Crippen LogP contribution is -2.52. The number of unbranched alkanes of at least 4 members (excludes halogenated alkanes) is 1. The first-order valence-electron chi connectivity index (χ1n) is 6.34. The molecule has 1 fully saturated rings. The van der Waals surface area contributed by atoms with Crippen LogP contribution in [-0.4, -0.2) is 31.2 Å².